The minimum atomic E-state index is -1.11. The summed E-state index contributed by atoms with van der Waals surface area (Å²) in [6.07, 6.45) is 0.361. The van der Waals surface area contributed by atoms with Crippen molar-refractivity contribution in [2.45, 2.75) is 60.5 Å². The number of nitrogens with zero attached hydrogens (tertiary/aromatic N) is 1. The van der Waals surface area contributed by atoms with Gasteiger partial charge in [0.1, 0.15) is 6.44 Å². The van der Waals surface area contributed by atoms with Crippen LogP contribution in [0.1, 0.15) is 44.4 Å². The average Bonchev–Trinajstić information content (AvgIpc) is 2.68. The van der Waals surface area contributed by atoms with Crippen molar-refractivity contribution in [1.29, 1.82) is 0 Å². The first-order valence-electron chi connectivity index (χ1n) is 11.1. The van der Waals surface area contributed by atoms with Gasteiger partial charge in [0.15, 0.2) is 0 Å². The molecule has 0 saturated heterocycles. The molecule has 1 nitrogen and oxygen atoms in total. The Kier molecular flexibility index (Phi) is 7.38. The predicted molar refractivity (Wildman–Crippen MR) is 136 cm³/mol. The third kappa shape index (κ3) is 4.79. The summed E-state index contributed by atoms with van der Waals surface area (Å²) in [6.45, 7) is 16.2. The van der Waals surface area contributed by atoms with E-state index >= 15 is 0 Å². The summed E-state index contributed by atoms with van der Waals surface area (Å²) in [4.78, 5) is 2.75. The van der Waals surface area contributed by atoms with Crippen molar-refractivity contribution in [1.82, 2.24) is 4.81 Å². The van der Waals surface area contributed by atoms with E-state index in [2.05, 4.69) is 126 Å². The third-order valence-corrected chi connectivity index (χ3v) is 8.99. The lowest BCUT2D eigenvalue weighted by molar-refractivity contribution is 0.312. The van der Waals surface area contributed by atoms with Crippen molar-refractivity contribution in [2.75, 3.05) is 0 Å². The van der Waals surface area contributed by atoms with Crippen molar-refractivity contribution in [3.05, 3.63) is 89.5 Å². The molecule has 0 fully saturated rings. The molecule has 3 aromatic carbocycles. The Morgan fingerprint density at radius 3 is 1.43 bits per heavy atom. The third-order valence-electron chi connectivity index (χ3n) is 5.95. The summed E-state index contributed by atoms with van der Waals surface area (Å²) < 4.78 is 0. The van der Waals surface area contributed by atoms with Crippen molar-refractivity contribution in [2.24, 2.45) is 0 Å². The minimum absolute atomic E-state index is 0.361. The van der Waals surface area contributed by atoms with Gasteiger partial charge in [-0.2, -0.15) is 10.4 Å². The molecule has 0 amide bonds. The second-order valence-electron chi connectivity index (χ2n) is 9.00. The van der Waals surface area contributed by atoms with Crippen molar-refractivity contribution in [3.8, 4) is 0 Å². The molecule has 0 N–H and O–H groups in total. The summed E-state index contributed by atoms with van der Waals surface area (Å²) in [5.74, 6) is 0. The average molecular weight is 412 g/mol. The van der Waals surface area contributed by atoms with Gasteiger partial charge in [-0.05, 0) is 32.9 Å². The molecule has 0 spiro atoms. The second kappa shape index (κ2) is 9.81. The van der Waals surface area contributed by atoms with Crippen LogP contribution in [-0.4, -0.2) is 32.0 Å². The zero-order valence-electron chi connectivity index (χ0n) is 19.6. The Bertz CT molecular complexity index is 883. The van der Waals surface area contributed by atoms with Crippen LogP contribution in [0.25, 0.3) is 0 Å². The molecule has 3 heteroatoms. The van der Waals surface area contributed by atoms with Crippen LogP contribution in [0.2, 0.25) is 0 Å². The highest BCUT2D eigenvalue weighted by Crippen LogP contribution is 2.16. The number of rotatable bonds is 7. The van der Waals surface area contributed by atoms with Crippen molar-refractivity contribution < 1.29 is 0 Å². The maximum atomic E-state index is 2.75. The van der Waals surface area contributed by atoms with E-state index in [1.807, 2.05) is 0 Å². The normalized spacial score (nSPS) is 11.4. The van der Waals surface area contributed by atoms with Gasteiger partial charge in [0.25, 0.3) is 0 Å². The summed E-state index contributed by atoms with van der Waals surface area (Å²) in [5, 5.41) is 2.95. The fraction of sp³-hybridized carbons (Fsp3) is 0.333. The van der Waals surface area contributed by atoms with E-state index in [0.29, 0.717) is 18.5 Å². The standard InChI is InChI=1S/C27H35BNSi/c1-20(2)29(21(3)4)28(27-23(6)18-22(5)19-24(27)7)30(25-14-10-8-11-15-25)26-16-12-9-13-17-26/h8-21H,1-7H3/q-1. The first-order valence-corrected chi connectivity index (χ1v) is 12.7. The van der Waals surface area contributed by atoms with Crippen LogP contribution in [0.3, 0.4) is 0 Å². The Labute approximate surface area is 185 Å². The van der Waals surface area contributed by atoms with E-state index in [1.54, 1.807) is 0 Å². The molecule has 30 heavy (non-hydrogen) atoms. The van der Waals surface area contributed by atoms with Crippen LogP contribution in [0.5, 0.6) is 0 Å². The minimum Gasteiger partial charge on any atom is -0.364 e. The SMILES string of the molecule is Cc1cc(C)c(B(N(C(C)C)C(C)C)[Si-](c2ccccc2)c2ccccc2)c(C)c1. The van der Waals surface area contributed by atoms with Crippen LogP contribution in [0, 0.1) is 20.8 Å². The number of hydrogen-bond donors (Lipinski definition) is 0. The summed E-state index contributed by atoms with van der Waals surface area (Å²) >= 11 is 0. The van der Waals surface area contributed by atoms with E-state index in [0.717, 1.165) is 0 Å². The maximum Gasteiger partial charge on any atom is 0.108 e. The van der Waals surface area contributed by atoms with E-state index < -0.39 is 8.67 Å². The van der Waals surface area contributed by atoms with Crippen molar-refractivity contribution in [3.63, 3.8) is 0 Å². The monoisotopic (exact) mass is 412 g/mol. The highest BCUT2D eigenvalue weighted by atomic mass is 28.3. The molecule has 3 aromatic rings. The zero-order chi connectivity index (χ0) is 21.8. The van der Waals surface area contributed by atoms with E-state index in [4.69, 9.17) is 0 Å². The lowest BCUT2D eigenvalue weighted by atomic mass is 9.70. The molecular weight excluding hydrogens is 377 g/mol. The van der Waals surface area contributed by atoms with Gasteiger partial charge in [0.2, 0.25) is 0 Å². The molecule has 0 unspecified atom stereocenters. The summed E-state index contributed by atoms with van der Waals surface area (Å²) in [6, 6.07) is 28.1. The lowest BCUT2D eigenvalue weighted by Crippen LogP contribution is -2.71. The number of benzene rings is 3. The zero-order valence-corrected chi connectivity index (χ0v) is 20.6. The van der Waals surface area contributed by atoms with Gasteiger partial charge in [-0.25, -0.2) is 0 Å². The molecule has 156 valence electrons. The largest absolute Gasteiger partial charge is 0.364 e. The smallest absolute Gasteiger partial charge is 0.108 e. The Morgan fingerprint density at radius 2 is 1.07 bits per heavy atom. The highest BCUT2D eigenvalue weighted by Gasteiger charge is 2.30. The molecule has 0 heterocycles. The summed E-state index contributed by atoms with van der Waals surface area (Å²) in [7, 11) is -1.11. The quantitative estimate of drug-likeness (QED) is 0.523. The molecular formula is C27H35BNSi-. The Morgan fingerprint density at radius 1 is 0.667 bits per heavy atom. The van der Waals surface area contributed by atoms with E-state index in [1.165, 1.54) is 32.5 Å². The maximum absolute atomic E-state index is 2.75. The van der Waals surface area contributed by atoms with Crippen LogP contribution in [0.4, 0.5) is 0 Å². The van der Waals surface area contributed by atoms with E-state index in [9.17, 15) is 0 Å². The number of aryl methyl sites for hydroxylation is 3. The van der Waals surface area contributed by atoms with Gasteiger partial charge in [0.05, 0.1) is 0 Å². The molecule has 0 aliphatic rings. The van der Waals surface area contributed by atoms with Crippen molar-refractivity contribution >= 4 is 30.9 Å². The predicted octanol–water partition coefficient (Wildman–Crippen LogP) is 4.32. The van der Waals surface area contributed by atoms with Gasteiger partial charge in [-0.15, -0.1) is 0 Å². The summed E-state index contributed by atoms with van der Waals surface area (Å²) in [5.41, 5.74) is 5.70. The van der Waals surface area contributed by atoms with Gasteiger partial charge < -0.3 is 4.81 Å². The van der Waals surface area contributed by atoms with E-state index in [-0.39, 0.29) is 0 Å². The molecule has 3 rings (SSSR count). The fourth-order valence-electron chi connectivity index (χ4n) is 4.98. The molecule has 0 bridgehead atoms. The van der Waals surface area contributed by atoms with Gasteiger partial charge in [0, 0.05) is 0 Å². The topological polar surface area (TPSA) is 3.24 Å². The molecule has 0 saturated carbocycles. The molecule has 0 atom stereocenters. The van der Waals surface area contributed by atoms with Gasteiger partial charge in [-0.1, -0.05) is 123 Å². The van der Waals surface area contributed by atoms with Crippen LogP contribution < -0.4 is 15.8 Å². The first-order chi connectivity index (χ1) is 14.3. The molecule has 0 radical (unpaired) electrons. The molecule has 0 aliphatic heterocycles. The van der Waals surface area contributed by atoms with Crippen LogP contribution >= 0.6 is 0 Å². The highest BCUT2D eigenvalue weighted by molar-refractivity contribution is 7.37. The second-order valence-corrected chi connectivity index (χ2v) is 11.5. The Hall–Kier alpha value is -2.10. The van der Waals surface area contributed by atoms with Crippen LogP contribution in [0.15, 0.2) is 72.8 Å². The molecule has 0 aromatic heterocycles. The Balaban J connectivity index is 2.34. The lowest BCUT2D eigenvalue weighted by Gasteiger charge is -2.51. The van der Waals surface area contributed by atoms with Crippen LogP contribution in [-0.2, 0) is 0 Å². The fourth-order valence-corrected chi connectivity index (χ4v) is 8.68. The van der Waals surface area contributed by atoms with Gasteiger partial charge in [-0.3, -0.25) is 8.67 Å². The first kappa shape index (κ1) is 22.6. The molecule has 0 aliphatic carbocycles. The number of hydrogen-bond acceptors (Lipinski definition) is 1. The van der Waals surface area contributed by atoms with Gasteiger partial charge >= 0.3 is 0 Å².